The van der Waals surface area contributed by atoms with Crippen molar-refractivity contribution in [3.05, 3.63) is 46.4 Å². The number of fused-ring (bicyclic) bond motifs is 1. The van der Waals surface area contributed by atoms with E-state index in [1.165, 1.54) is 17.4 Å². The Morgan fingerprint density at radius 2 is 1.86 bits per heavy atom. The first-order valence-electron chi connectivity index (χ1n) is 5.88. The van der Waals surface area contributed by atoms with Gasteiger partial charge >= 0.3 is 6.18 Å². The third kappa shape index (κ3) is 2.75. The molecule has 21 heavy (non-hydrogen) atoms. The molecular formula is C14H8BrF3N2S. The maximum absolute atomic E-state index is 13.2. The highest BCUT2D eigenvalue weighted by molar-refractivity contribution is 9.10. The first-order chi connectivity index (χ1) is 9.84. The van der Waals surface area contributed by atoms with E-state index in [1.54, 1.807) is 24.3 Å². The zero-order chi connectivity index (χ0) is 15.2. The summed E-state index contributed by atoms with van der Waals surface area (Å²) in [6.07, 6.45) is -4.43. The van der Waals surface area contributed by atoms with Crippen LogP contribution >= 0.6 is 27.3 Å². The molecular weight excluding hydrogens is 365 g/mol. The second-order valence-corrected chi connectivity index (χ2v) is 6.38. The fourth-order valence-electron chi connectivity index (χ4n) is 1.99. The normalized spacial score (nSPS) is 12.0. The minimum atomic E-state index is -4.43. The van der Waals surface area contributed by atoms with Gasteiger partial charge in [0.2, 0.25) is 0 Å². The average Bonchev–Trinajstić information content (AvgIpc) is 2.80. The Morgan fingerprint density at radius 3 is 2.57 bits per heavy atom. The number of anilines is 1. The van der Waals surface area contributed by atoms with E-state index >= 15 is 0 Å². The third-order valence-electron chi connectivity index (χ3n) is 2.93. The minimum absolute atomic E-state index is 0.0745. The van der Waals surface area contributed by atoms with Crippen LogP contribution in [0.2, 0.25) is 0 Å². The van der Waals surface area contributed by atoms with Crippen molar-refractivity contribution in [2.75, 3.05) is 5.73 Å². The summed E-state index contributed by atoms with van der Waals surface area (Å²) in [5, 5.41) is 0.329. The lowest BCUT2D eigenvalue weighted by Gasteiger charge is -2.11. The summed E-state index contributed by atoms with van der Waals surface area (Å²) < 4.78 is 40.7. The highest BCUT2D eigenvalue weighted by atomic mass is 79.9. The second-order valence-electron chi connectivity index (χ2n) is 4.43. The molecule has 0 saturated heterocycles. The first-order valence-corrected chi connectivity index (χ1v) is 7.49. The van der Waals surface area contributed by atoms with Crippen LogP contribution in [0.4, 0.5) is 18.9 Å². The lowest BCUT2D eigenvalue weighted by atomic mass is 10.1. The number of halogens is 4. The summed E-state index contributed by atoms with van der Waals surface area (Å²) in [7, 11) is 0. The van der Waals surface area contributed by atoms with Crippen LogP contribution in [0.5, 0.6) is 0 Å². The number of rotatable bonds is 1. The highest BCUT2D eigenvalue weighted by Crippen LogP contribution is 2.41. The van der Waals surface area contributed by atoms with Gasteiger partial charge in [-0.15, -0.1) is 11.3 Å². The van der Waals surface area contributed by atoms with Gasteiger partial charge in [-0.1, -0.05) is 22.0 Å². The Hall–Kier alpha value is -1.60. The number of nitrogens with zero attached hydrogens (tertiary/aromatic N) is 1. The molecule has 0 amide bonds. The number of hydrogen-bond acceptors (Lipinski definition) is 3. The topological polar surface area (TPSA) is 38.9 Å². The molecule has 0 bridgehead atoms. The predicted molar refractivity (Wildman–Crippen MR) is 82.2 cm³/mol. The Balaban J connectivity index is 2.22. The molecule has 3 aromatic rings. The average molecular weight is 373 g/mol. The van der Waals surface area contributed by atoms with Crippen LogP contribution in [-0.2, 0) is 6.18 Å². The van der Waals surface area contributed by atoms with Crippen LogP contribution in [0, 0.1) is 0 Å². The molecule has 108 valence electrons. The SMILES string of the molecule is Nc1ccc2nc(-c3ccc(Br)cc3C(F)(F)F)sc2c1. The van der Waals surface area contributed by atoms with E-state index in [2.05, 4.69) is 20.9 Å². The van der Waals surface area contributed by atoms with Crippen LogP contribution < -0.4 is 5.73 Å². The maximum atomic E-state index is 13.2. The Kier molecular flexibility index (Phi) is 3.41. The maximum Gasteiger partial charge on any atom is 0.417 e. The fourth-order valence-corrected chi connectivity index (χ4v) is 3.41. The highest BCUT2D eigenvalue weighted by Gasteiger charge is 2.34. The Morgan fingerprint density at radius 1 is 1.10 bits per heavy atom. The van der Waals surface area contributed by atoms with E-state index < -0.39 is 11.7 Å². The molecule has 2 N–H and O–H groups in total. The van der Waals surface area contributed by atoms with Crippen LogP contribution in [0.1, 0.15) is 5.56 Å². The van der Waals surface area contributed by atoms with E-state index in [-0.39, 0.29) is 5.56 Å². The molecule has 0 unspecified atom stereocenters. The summed E-state index contributed by atoms with van der Waals surface area (Å²) in [5.74, 6) is 0. The second kappa shape index (κ2) is 4.99. The van der Waals surface area contributed by atoms with Gasteiger partial charge in [0.25, 0.3) is 0 Å². The molecule has 0 spiro atoms. The number of thiazole rings is 1. The van der Waals surface area contributed by atoms with Gasteiger partial charge < -0.3 is 5.73 Å². The first kappa shape index (κ1) is 14.3. The molecule has 0 aliphatic carbocycles. The predicted octanol–water partition coefficient (Wildman–Crippen LogP) is 5.33. The van der Waals surface area contributed by atoms with E-state index in [0.717, 1.165) is 10.8 Å². The number of hydrogen-bond donors (Lipinski definition) is 1. The number of nitrogen functional groups attached to an aromatic ring is 1. The van der Waals surface area contributed by atoms with Gasteiger partial charge in [0, 0.05) is 15.7 Å². The molecule has 2 nitrogen and oxygen atoms in total. The standard InChI is InChI=1S/C14H8BrF3N2S/c15-7-1-3-9(10(5-7)14(16,17)18)13-20-11-4-2-8(19)6-12(11)21-13/h1-6H,19H2. The van der Waals surface area contributed by atoms with Crippen molar-refractivity contribution in [2.24, 2.45) is 0 Å². The van der Waals surface area contributed by atoms with Gasteiger partial charge in [-0.25, -0.2) is 4.98 Å². The van der Waals surface area contributed by atoms with Crippen molar-refractivity contribution in [3.63, 3.8) is 0 Å². The summed E-state index contributed by atoms with van der Waals surface area (Å²) in [6, 6.07) is 9.16. The number of nitrogens with two attached hydrogens (primary N) is 1. The van der Waals surface area contributed by atoms with Crippen LogP contribution in [0.15, 0.2) is 40.9 Å². The smallest absolute Gasteiger partial charge is 0.399 e. The number of aromatic nitrogens is 1. The fraction of sp³-hybridized carbons (Fsp3) is 0.0714. The lowest BCUT2D eigenvalue weighted by Crippen LogP contribution is -2.07. The lowest BCUT2D eigenvalue weighted by molar-refractivity contribution is -0.137. The Labute approximate surface area is 130 Å². The molecule has 0 fully saturated rings. The minimum Gasteiger partial charge on any atom is -0.399 e. The van der Waals surface area contributed by atoms with Gasteiger partial charge in [0.1, 0.15) is 5.01 Å². The van der Waals surface area contributed by atoms with E-state index in [1.807, 2.05) is 0 Å². The summed E-state index contributed by atoms with van der Waals surface area (Å²) in [5.41, 5.74) is 6.25. The van der Waals surface area contributed by atoms with Gasteiger partial charge in [0.15, 0.2) is 0 Å². The molecule has 0 aliphatic rings. The van der Waals surface area contributed by atoms with E-state index in [9.17, 15) is 13.2 Å². The molecule has 0 saturated carbocycles. The zero-order valence-corrected chi connectivity index (χ0v) is 12.8. The summed E-state index contributed by atoms with van der Waals surface area (Å²) in [6.45, 7) is 0. The summed E-state index contributed by atoms with van der Waals surface area (Å²) in [4.78, 5) is 4.28. The zero-order valence-electron chi connectivity index (χ0n) is 10.4. The Bertz CT molecular complexity index is 827. The molecule has 1 aromatic heterocycles. The number of benzene rings is 2. The molecule has 1 heterocycles. The monoisotopic (exact) mass is 372 g/mol. The molecule has 2 aromatic carbocycles. The van der Waals surface area contributed by atoms with Gasteiger partial charge in [-0.2, -0.15) is 13.2 Å². The number of alkyl halides is 3. The van der Waals surface area contributed by atoms with E-state index in [4.69, 9.17) is 5.73 Å². The molecule has 3 rings (SSSR count). The van der Waals surface area contributed by atoms with Crippen molar-refractivity contribution < 1.29 is 13.2 Å². The summed E-state index contributed by atoms with van der Waals surface area (Å²) >= 11 is 4.27. The van der Waals surface area contributed by atoms with Gasteiger partial charge in [-0.3, -0.25) is 0 Å². The van der Waals surface area contributed by atoms with Crippen molar-refractivity contribution in [3.8, 4) is 10.6 Å². The van der Waals surface area contributed by atoms with Crippen LogP contribution in [0.25, 0.3) is 20.8 Å². The molecule has 7 heteroatoms. The van der Waals surface area contributed by atoms with Crippen LogP contribution in [-0.4, -0.2) is 4.98 Å². The van der Waals surface area contributed by atoms with Gasteiger partial charge in [-0.05, 0) is 30.3 Å². The van der Waals surface area contributed by atoms with Crippen molar-refractivity contribution in [1.82, 2.24) is 4.98 Å². The quantitative estimate of drug-likeness (QED) is 0.586. The molecule has 0 radical (unpaired) electrons. The van der Waals surface area contributed by atoms with Crippen LogP contribution in [0.3, 0.4) is 0 Å². The van der Waals surface area contributed by atoms with Crippen molar-refractivity contribution in [1.29, 1.82) is 0 Å². The largest absolute Gasteiger partial charge is 0.417 e. The van der Waals surface area contributed by atoms with Gasteiger partial charge in [0.05, 0.1) is 15.8 Å². The van der Waals surface area contributed by atoms with E-state index in [0.29, 0.717) is 20.7 Å². The molecule has 0 aliphatic heterocycles. The third-order valence-corrected chi connectivity index (χ3v) is 4.47. The van der Waals surface area contributed by atoms with Crippen molar-refractivity contribution in [2.45, 2.75) is 6.18 Å². The van der Waals surface area contributed by atoms with Crippen molar-refractivity contribution >= 4 is 43.2 Å². The molecule has 0 atom stereocenters.